The molecule has 0 bridgehead atoms. The van der Waals surface area contributed by atoms with Gasteiger partial charge in [-0.25, -0.2) is 4.57 Å². The Morgan fingerprint density at radius 3 is 2.27 bits per heavy atom. The van der Waals surface area contributed by atoms with E-state index in [4.69, 9.17) is 0 Å². The molecule has 0 N–H and O–H groups in total. The molecule has 2 aromatic rings. The molecule has 0 atom stereocenters. The third-order valence-electron chi connectivity index (χ3n) is 2.48. The van der Waals surface area contributed by atoms with Crippen molar-refractivity contribution in [1.82, 2.24) is 0 Å². The summed E-state index contributed by atoms with van der Waals surface area (Å²) in [7, 11) is 2.07. The van der Waals surface area contributed by atoms with Crippen LogP contribution in [0.3, 0.4) is 0 Å². The van der Waals surface area contributed by atoms with Crippen LogP contribution in [0.2, 0.25) is 0 Å². The predicted molar refractivity (Wildman–Crippen MR) is 57.8 cm³/mol. The molecule has 0 spiro atoms. The number of nitrogens with zero attached hydrogens (tertiary/aromatic N) is 1. The van der Waals surface area contributed by atoms with E-state index in [2.05, 4.69) is 61.1 Å². The second-order valence-electron chi connectivity index (χ2n) is 3.51. The van der Waals surface area contributed by atoms with Crippen molar-refractivity contribution >= 4 is 0 Å². The molecule has 1 radical (unpaired) electrons. The molecule has 0 saturated carbocycles. The van der Waals surface area contributed by atoms with Crippen LogP contribution >= 0.6 is 0 Å². The first-order valence-corrected chi connectivity index (χ1v) is 4.80. The van der Waals surface area contributed by atoms with Crippen LogP contribution in [0.25, 0.3) is 11.3 Å². The first kappa shape index (κ1) is 12.1. The van der Waals surface area contributed by atoms with E-state index in [1.807, 2.05) is 6.07 Å². The van der Waals surface area contributed by atoms with E-state index in [1.54, 1.807) is 0 Å². The van der Waals surface area contributed by atoms with Gasteiger partial charge in [0, 0.05) is 37.8 Å². The molecule has 0 amide bonds. The average molecular weight is 376 g/mol. The van der Waals surface area contributed by atoms with Gasteiger partial charge in [0.2, 0.25) is 5.69 Å². The zero-order valence-corrected chi connectivity index (χ0v) is 11.3. The van der Waals surface area contributed by atoms with Crippen LogP contribution in [-0.4, -0.2) is 0 Å². The molecule has 0 aliphatic rings. The molecule has 1 heterocycles. The average Bonchev–Trinajstić information content (AvgIpc) is 2.20. The van der Waals surface area contributed by atoms with Gasteiger partial charge in [0.15, 0.2) is 6.20 Å². The van der Waals surface area contributed by atoms with Crippen LogP contribution in [0.5, 0.6) is 0 Å². The third kappa shape index (κ3) is 2.53. The summed E-state index contributed by atoms with van der Waals surface area (Å²) in [5.74, 6) is 0. The summed E-state index contributed by atoms with van der Waals surface area (Å²) in [4.78, 5) is 0. The zero-order chi connectivity index (χ0) is 9.97. The summed E-state index contributed by atoms with van der Waals surface area (Å²) in [6.07, 6.45) is 2.07. The van der Waals surface area contributed by atoms with Crippen LogP contribution in [0.15, 0.2) is 48.7 Å². The van der Waals surface area contributed by atoms with Gasteiger partial charge in [0.1, 0.15) is 7.05 Å². The summed E-state index contributed by atoms with van der Waals surface area (Å²) in [6, 6.07) is 14.7. The monoisotopic (exact) mass is 377 g/mol. The summed E-state index contributed by atoms with van der Waals surface area (Å²) >= 11 is 0. The van der Waals surface area contributed by atoms with E-state index < -0.39 is 0 Å². The molecule has 2 rings (SSSR count). The summed E-state index contributed by atoms with van der Waals surface area (Å²) in [5, 5.41) is 0. The van der Waals surface area contributed by atoms with E-state index in [0.29, 0.717) is 0 Å². The minimum absolute atomic E-state index is 0. The molecule has 79 valence electrons. The smallest absolute Gasteiger partial charge is 0.201 e. The maximum Gasteiger partial charge on any atom is 0.212 e. The van der Waals surface area contributed by atoms with Crippen molar-refractivity contribution in [3.8, 4) is 11.3 Å². The Hall–Kier alpha value is -0.981. The Labute approximate surface area is 104 Å². The predicted octanol–water partition coefficient (Wildman–Crippen LogP) is 2.48. The minimum atomic E-state index is 0. The fourth-order valence-corrected chi connectivity index (χ4v) is 1.66. The Balaban J connectivity index is 0.00000112. The standard InChI is InChI=1S/C13H14N.Ir/c1-11-7-3-4-8-12(11)13-9-5-6-10-14(13)2;/h3-10H,1-2H3;/q+1;. The third-order valence-corrected chi connectivity index (χ3v) is 2.48. The van der Waals surface area contributed by atoms with Crippen molar-refractivity contribution in [3.05, 3.63) is 54.2 Å². The van der Waals surface area contributed by atoms with Crippen molar-refractivity contribution in [2.45, 2.75) is 6.92 Å². The van der Waals surface area contributed by atoms with Crippen LogP contribution < -0.4 is 4.57 Å². The number of hydrogen-bond donors (Lipinski definition) is 0. The number of pyridine rings is 1. The largest absolute Gasteiger partial charge is 0.212 e. The van der Waals surface area contributed by atoms with Gasteiger partial charge in [-0.05, 0) is 24.6 Å². The first-order chi connectivity index (χ1) is 6.79. The summed E-state index contributed by atoms with van der Waals surface area (Å²) in [6.45, 7) is 2.14. The molecule has 0 saturated heterocycles. The van der Waals surface area contributed by atoms with Gasteiger partial charge in [-0.3, -0.25) is 0 Å². The van der Waals surface area contributed by atoms with E-state index in [0.717, 1.165) is 0 Å². The molecule has 0 aliphatic carbocycles. The van der Waals surface area contributed by atoms with E-state index in [1.165, 1.54) is 16.8 Å². The second-order valence-corrected chi connectivity index (χ2v) is 3.51. The van der Waals surface area contributed by atoms with Gasteiger partial charge in [0.25, 0.3) is 0 Å². The maximum absolute atomic E-state index is 2.16. The number of aryl methyl sites for hydroxylation is 2. The molecule has 0 fully saturated rings. The summed E-state index contributed by atoms with van der Waals surface area (Å²) in [5.41, 5.74) is 3.87. The van der Waals surface area contributed by atoms with Crippen molar-refractivity contribution in [2.75, 3.05) is 0 Å². The zero-order valence-electron chi connectivity index (χ0n) is 8.90. The Morgan fingerprint density at radius 1 is 0.933 bits per heavy atom. The Morgan fingerprint density at radius 2 is 1.60 bits per heavy atom. The molecular formula is C13H14IrN+. The van der Waals surface area contributed by atoms with Gasteiger partial charge in [-0.1, -0.05) is 18.2 Å². The van der Waals surface area contributed by atoms with E-state index >= 15 is 0 Å². The topological polar surface area (TPSA) is 3.88 Å². The molecule has 0 aliphatic heterocycles. The second kappa shape index (κ2) is 5.20. The Bertz CT molecular complexity index is 408. The van der Waals surface area contributed by atoms with Crippen molar-refractivity contribution in [2.24, 2.45) is 7.05 Å². The van der Waals surface area contributed by atoms with Crippen LogP contribution in [0, 0.1) is 6.92 Å². The van der Waals surface area contributed by atoms with Gasteiger partial charge < -0.3 is 0 Å². The summed E-state index contributed by atoms with van der Waals surface area (Å²) < 4.78 is 2.14. The molecule has 1 aromatic carbocycles. The molecule has 2 heteroatoms. The van der Waals surface area contributed by atoms with Crippen LogP contribution in [0.4, 0.5) is 0 Å². The number of aromatic nitrogens is 1. The number of benzene rings is 1. The molecule has 15 heavy (non-hydrogen) atoms. The molecule has 1 aromatic heterocycles. The van der Waals surface area contributed by atoms with Gasteiger partial charge in [-0.2, -0.15) is 0 Å². The van der Waals surface area contributed by atoms with Gasteiger partial charge in [0.05, 0.1) is 0 Å². The van der Waals surface area contributed by atoms with Gasteiger partial charge in [-0.15, -0.1) is 0 Å². The first-order valence-electron chi connectivity index (χ1n) is 4.80. The minimum Gasteiger partial charge on any atom is -0.201 e. The van der Waals surface area contributed by atoms with Crippen LogP contribution in [-0.2, 0) is 27.2 Å². The number of rotatable bonds is 1. The van der Waals surface area contributed by atoms with Crippen LogP contribution in [0.1, 0.15) is 5.56 Å². The van der Waals surface area contributed by atoms with Crippen molar-refractivity contribution < 1.29 is 24.7 Å². The SMILES string of the molecule is Cc1ccccc1-c1cccc[n+]1C.[Ir]. The fraction of sp³-hybridized carbons (Fsp3) is 0.154. The molecule has 0 unspecified atom stereocenters. The van der Waals surface area contributed by atoms with Gasteiger partial charge >= 0.3 is 0 Å². The maximum atomic E-state index is 2.16. The quantitative estimate of drug-likeness (QED) is 0.674. The number of hydrogen-bond acceptors (Lipinski definition) is 0. The fourth-order valence-electron chi connectivity index (χ4n) is 1.66. The Kier molecular flexibility index (Phi) is 4.19. The normalized spacial score (nSPS) is 9.47. The van der Waals surface area contributed by atoms with E-state index in [9.17, 15) is 0 Å². The van der Waals surface area contributed by atoms with Crippen molar-refractivity contribution in [1.29, 1.82) is 0 Å². The molecular weight excluding hydrogens is 362 g/mol. The molecule has 1 nitrogen and oxygen atoms in total. The van der Waals surface area contributed by atoms with Crippen molar-refractivity contribution in [3.63, 3.8) is 0 Å². The van der Waals surface area contributed by atoms with E-state index in [-0.39, 0.29) is 20.1 Å².